The highest BCUT2D eigenvalue weighted by Gasteiger charge is 2.36. The zero-order valence-electron chi connectivity index (χ0n) is 54.8. The molecule has 0 aromatic heterocycles. The molecule has 0 saturated carbocycles. The SMILES string of the molecule is C/C=C\CCCC.CC/C=C\CCC.CCCC1OC1CC.CCCC1OC1CC.CCCCC1OC1C.CCCCC1OC1C.CCCCCCC.CCCCCCC.CCCCCOC.CCCOCCC. The normalized spacial score (nSPS) is 20.8. The van der Waals surface area contributed by atoms with Crippen molar-refractivity contribution in [2.75, 3.05) is 26.9 Å². The summed E-state index contributed by atoms with van der Waals surface area (Å²) in [5.41, 5.74) is 0. The minimum absolute atomic E-state index is 0.571. The quantitative estimate of drug-likeness (QED) is 0.0363. The van der Waals surface area contributed by atoms with E-state index in [2.05, 4.69) is 156 Å². The molecule has 4 saturated heterocycles. The molecule has 452 valence electrons. The van der Waals surface area contributed by atoms with E-state index >= 15 is 0 Å². The lowest BCUT2D eigenvalue weighted by molar-refractivity contribution is 0.135. The van der Waals surface area contributed by atoms with Gasteiger partial charge in [0.05, 0.1) is 48.8 Å². The zero-order valence-corrected chi connectivity index (χ0v) is 54.8. The van der Waals surface area contributed by atoms with E-state index in [1.54, 1.807) is 7.11 Å². The fourth-order valence-corrected chi connectivity index (χ4v) is 7.21. The van der Waals surface area contributed by atoms with Crippen LogP contribution in [-0.4, -0.2) is 75.8 Å². The lowest BCUT2D eigenvalue weighted by Gasteiger charge is -1.95. The summed E-state index contributed by atoms with van der Waals surface area (Å²) in [7, 11) is 1.75. The van der Waals surface area contributed by atoms with Crippen LogP contribution < -0.4 is 0 Å². The van der Waals surface area contributed by atoms with Gasteiger partial charge in [-0.15, -0.1) is 0 Å². The summed E-state index contributed by atoms with van der Waals surface area (Å²) >= 11 is 0. The van der Waals surface area contributed by atoms with Gasteiger partial charge in [-0.3, -0.25) is 0 Å². The van der Waals surface area contributed by atoms with Crippen LogP contribution in [0.1, 0.15) is 343 Å². The molecule has 0 N–H and O–H groups in total. The van der Waals surface area contributed by atoms with Gasteiger partial charge in [0.1, 0.15) is 0 Å². The molecule has 0 aliphatic carbocycles. The van der Waals surface area contributed by atoms with Crippen molar-refractivity contribution in [3.05, 3.63) is 24.3 Å². The van der Waals surface area contributed by atoms with Gasteiger partial charge in [-0.05, 0) is 97.8 Å². The molecule has 4 heterocycles. The van der Waals surface area contributed by atoms with Crippen LogP contribution in [0.25, 0.3) is 0 Å². The van der Waals surface area contributed by atoms with E-state index in [1.807, 2.05) is 0 Å². The summed E-state index contributed by atoms with van der Waals surface area (Å²) in [6.45, 7) is 44.3. The molecular formula is C68H144O6. The molecule has 0 aromatic carbocycles. The highest BCUT2D eigenvalue weighted by atomic mass is 16.6. The van der Waals surface area contributed by atoms with Crippen LogP contribution in [0.2, 0.25) is 0 Å². The van der Waals surface area contributed by atoms with Crippen LogP contribution in [0.15, 0.2) is 24.3 Å². The number of methoxy groups -OCH3 is 1. The van der Waals surface area contributed by atoms with Crippen molar-refractivity contribution in [1.29, 1.82) is 0 Å². The molecule has 0 bridgehead atoms. The van der Waals surface area contributed by atoms with Crippen molar-refractivity contribution in [2.45, 2.75) is 392 Å². The summed E-state index contributed by atoms with van der Waals surface area (Å²) in [5, 5.41) is 0. The van der Waals surface area contributed by atoms with Crippen LogP contribution in [-0.2, 0) is 28.4 Å². The van der Waals surface area contributed by atoms with E-state index in [0.717, 1.165) is 32.7 Å². The van der Waals surface area contributed by atoms with Gasteiger partial charge in [-0.25, -0.2) is 0 Å². The molecule has 6 heteroatoms. The van der Waals surface area contributed by atoms with E-state index in [-0.39, 0.29) is 0 Å². The number of hydrogen-bond acceptors (Lipinski definition) is 6. The van der Waals surface area contributed by atoms with E-state index in [1.165, 1.54) is 199 Å². The van der Waals surface area contributed by atoms with Crippen molar-refractivity contribution in [3.63, 3.8) is 0 Å². The summed E-state index contributed by atoms with van der Waals surface area (Å²) in [6.07, 6.45) is 56.6. The van der Waals surface area contributed by atoms with E-state index in [4.69, 9.17) is 28.4 Å². The molecule has 4 aliphatic heterocycles. The van der Waals surface area contributed by atoms with Crippen molar-refractivity contribution in [3.8, 4) is 0 Å². The Bertz CT molecular complexity index is 876. The van der Waals surface area contributed by atoms with Crippen LogP contribution in [0.5, 0.6) is 0 Å². The monoisotopic (exact) mass is 1060 g/mol. The molecule has 8 unspecified atom stereocenters. The van der Waals surface area contributed by atoms with Crippen LogP contribution >= 0.6 is 0 Å². The largest absolute Gasteiger partial charge is 0.385 e. The smallest absolute Gasteiger partial charge is 0.0841 e. The average molecular weight is 1060 g/mol. The maximum atomic E-state index is 5.31. The first-order valence-corrected chi connectivity index (χ1v) is 32.9. The summed E-state index contributed by atoms with van der Waals surface area (Å²) in [5.74, 6) is 0. The Morgan fingerprint density at radius 1 is 0.324 bits per heavy atom. The standard InChI is InChI=1S/4C7H14O.2C7H16.2C7H14.2C6H14O/c2*1-3-4-5-7-6(2)8-7;2*1-3-5-7-6(4-2)8-7;4*1-3-5-7-6-4-2;1-3-4-5-6-7-2;1-3-5-7-6-4-2/h4*6-7H,3-5H2,1-2H3;2*3-7H2,1-2H3;5,7H,3-4,6H2,1-2H3;3,5H,4,6-7H2,1-2H3;2*3-6H2,1-2H3/b;;;;;;7-5-;5-3-;;. The molecule has 4 aliphatic rings. The lowest BCUT2D eigenvalue weighted by atomic mass is 10.2. The van der Waals surface area contributed by atoms with Gasteiger partial charge < -0.3 is 28.4 Å². The van der Waals surface area contributed by atoms with Gasteiger partial charge in [0.15, 0.2) is 0 Å². The molecule has 4 fully saturated rings. The van der Waals surface area contributed by atoms with Gasteiger partial charge >= 0.3 is 0 Å². The number of epoxide rings is 4. The van der Waals surface area contributed by atoms with E-state index in [9.17, 15) is 0 Å². The molecule has 4 rings (SSSR count). The Hall–Kier alpha value is -0.760. The molecular weight excluding hydrogens is 913 g/mol. The summed E-state index contributed by atoms with van der Waals surface area (Å²) in [6, 6.07) is 0. The number of unbranched alkanes of at least 4 members (excludes halogenated alkanes) is 15. The lowest BCUT2D eigenvalue weighted by Crippen LogP contribution is -1.92. The minimum atomic E-state index is 0.571. The number of allylic oxidation sites excluding steroid dienone is 4. The number of rotatable bonds is 34. The molecule has 0 amide bonds. The summed E-state index contributed by atoms with van der Waals surface area (Å²) in [4.78, 5) is 0. The van der Waals surface area contributed by atoms with Gasteiger partial charge in [-0.1, -0.05) is 270 Å². The second-order valence-corrected chi connectivity index (χ2v) is 20.7. The second kappa shape index (κ2) is 76.5. The predicted molar refractivity (Wildman–Crippen MR) is 336 cm³/mol. The Morgan fingerprint density at radius 2 is 0.703 bits per heavy atom. The molecule has 0 aromatic rings. The number of hydrogen-bond donors (Lipinski definition) is 0. The van der Waals surface area contributed by atoms with Crippen molar-refractivity contribution >= 4 is 0 Å². The third kappa shape index (κ3) is 82.6. The van der Waals surface area contributed by atoms with Crippen LogP contribution in [0, 0.1) is 0 Å². The Morgan fingerprint density at radius 3 is 0.959 bits per heavy atom. The maximum Gasteiger partial charge on any atom is 0.0841 e. The first-order valence-electron chi connectivity index (χ1n) is 32.9. The molecule has 0 spiro atoms. The van der Waals surface area contributed by atoms with Crippen molar-refractivity contribution in [1.82, 2.24) is 0 Å². The second-order valence-electron chi connectivity index (χ2n) is 20.7. The van der Waals surface area contributed by atoms with Gasteiger partial charge in [-0.2, -0.15) is 0 Å². The van der Waals surface area contributed by atoms with Gasteiger partial charge in [0.2, 0.25) is 0 Å². The maximum absolute atomic E-state index is 5.31. The Balaban J connectivity index is -0.000000174. The van der Waals surface area contributed by atoms with E-state index < -0.39 is 0 Å². The zero-order chi connectivity index (χ0) is 57.1. The minimum Gasteiger partial charge on any atom is -0.385 e. The third-order valence-corrected chi connectivity index (χ3v) is 12.6. The fourth-order valence-electron chi connectivity index (χ4n) is 7.21. The Kier molecular flexibility index (Phi) is 87.4. The first-order chi connectivity index (χ1) is 35.9. The van der Waals surface area contributed by atoms with Crippen molar-refractivity contribution in [2.24, 2.45) is 0 Å². The predicted octanol–water partition coefficient (Wildman–Crippen LogP) is 23.0. The first kappa shape index (κ1) is 84.5. The van der Waals surface area contributed by atoms with Gasteiger partial charge in [0, 0.05) is 26.9 Å². The van der Waals surface area contributed by atoms with Crippen LogP contribution in [0.4, 0.5) is 0 Å². The fraction of sp³-hybridized carbons (Fsp3) is 0.941. The summed E-state index contributed by atoms with van der Waals surface area (Å²) < 4.78 is 31.0. The highest BCUT2D eigenvalue weighted by Crippen LogP contribution is 2.29. The number of ether oxygens (including phenoxy) is 6. The Labute approximate surface area is 470 Å². The average Bonchev–Trinajstić information content (AvgIpc) is 4.27. The molecule has 8 atom stereocenters. The van der Waals surface area contributed by atoms with Gasteiger partial charge in [0.25, 0.3) is 0 Å². The van der Waals surface area contributed by atoms with Crippen molar-refractivity contribution < 1.29 is 28.4 Å². The molecule has 6 nitrogen and oxygen atoms in total. The molecule has 0 radical (unpaired) electrons. The topological polar surface area (TPSA) is 68.6 Å². The third-order valence-electron chi connectivity index (χ3n) is 12.6. The van der Waals surface area contributed by atoms with Crippen LogP contribution in [0.3, 0.4) is 0 Å². The van der Waals surface area contributed by atoms with E-state index in [0.29, 0.717) is 48.8 Å². The highest BCUT2D eigenvalue weighted by molar-refractivity contribution is 4.83. The molecule has 74 heavy (non-hydrogen) atoms.